The van der Waals surface area contributed by atoms with Gasteiger partial charge in [-0.05, 0) is 31.4 Å². The SMILES string of the molecule is CCOC(=O)CCc1cc(C)cc(CC(=O)O)c1. The average Bonchev–Trinajstić information content (AvgIpc) is 2.25. The highest BCUT2D eigenvalue weighted by atomic mass is 16.5. The molecule has 0 aliphatic rings. The van der Waals surface area contributed by atoms with Crippen LogP contribution in [0.25, 0.3) is 0 Å². The van der Waals surface area contributed by atoms with Gasteiger partial charge in [-0.2, -0.15) is 0 Å². The average molecular weight is 250 g/mol. The standard InChI is InChI=1S/C14H18O4/c1-3-18-14(17)5-4-11-6-10(2)7-12(8-11)9-13(15)16/h6-8H,3-5,9H2,1-2H3,(H,15,16). The van der Waals surface area contributed by atoms with Gasteiger partial charge in [0.05, 0.1) is 13.0 Å². The fraction of sp³-hybridized carbons (Fsp3) is 0.429. The van der Waals surface area contributed by atoms with Gasteiger partial charge in [-0.3, -0.25) is 9.59 Å². The van der Waals surface area contributed by atoms with Crippen molar-refractivity contribution in [2.75, 3.05) is 6.61 Å². The number of carbonyl (C=O) groups excluding carboxylic acids is 1. The number of aliphatic carboxylic acids is 1. The zero-order chi connectivity index (χ0) is 13.5. The number of carboxylic acid groups (broad SMARTS) is 1. The van der Waals surface area contributed by atoms with Crippen molar-refractivity contribution in [3.05, 3.63) is 34.9 Å². The minimum absolute atomic E-state index is 0.00802. The van der Waals surface area contributed by atoms with Crippen LogP contribution in [0, 0.1) is 6.92 Å². The Hall–Kier alpha value is -1.84. The maximum Gasteiger partial charge on any atom is 0.307 e. The van der Waals surface area contributed by atoms with Gasteiger partial charge in [0, 0.05) is 6.42 Å². The smallest absolute Gasteiger partial charge is 0.307 e. The summed E-state index contributed by atoms with van der Waals surface area (Å²) in [5.74, 6) is -1.07. The van der Waals surface area contributed by atoms with E-state index < -0.39 is 5.97 Å². The molecule has 1 aromatic rings. The number of benzene rings is 1. The Kier molecular flexibility index (Phi) is 5.36. The van der Waals surface area contributed by atoms with Crippen LogP contribution in [-0.2, 0) is 27.2 Å². The van der Waals surface area contributed by atoms with E-state index in [9.17, 15) is 9.59 Å². The summed E-state index contributed by atoms with van der Waals surface area (Å²) in [7, 11) is 0. The van der Waals surface area contributed by atoms with Crippen molar-refractivity contribution in [1.29, 1.82) is 0 Å². The Labute approximate surface area is 107 Å². The van der Waals surface area contributed by atoms with Crippen LogP contribution in [0.2, 0.25) is 0 Å². The second-order valence-electron chi connectivity index (χ2n) is 4.20. The first kappa shape index (κ1) is 14.2. The van der Waals surface area contributed by atoms with E-state index in [2.05, 4.69) is 0 Å². The number of esters is 1. The van der Waals surface area contributed by atoms with Crippen LogP contribution in [-0.4, -0.2) is 23.7 Å². The van der Waals surface area contributed by atoms with Crippen molar-refractivity contribution in [3.8, 4) is 0 Å². The molecule has 0 aliphatic heterocycles. The van der Waals surface area contributed by atoms with Gasteiger partial charge in [-0.15, -0.1) is 0 Å². The van der Waals surface area contributed by atoms with E-state index in [1.54, 1.807) is 6.92 Å². The lowest BCUT2D eigenvalue weighted by atomic mass is 10.0. The van der Waals surface area contributed by atoms with E-state index in [1.807, 2.05) is 25.1 Å². The van der Waals surface area contributed by atoms with Gasteiger partial charge in [-0.25, -0.2) is 0 Å². The molecule has 98 valence electrons. The van der Waals surface area contributed by atoms with Crippen molar-refractivity contribution < 1.29 is 19.4 Å². The van der Waals surface area contributed by atoms with Gasteiger partial charge < -0.3 is 9.84 Å². The van der Waals surface area contributed by atoms with Crippen molar-refractivity contribution in [3.63, 3.8) is 0 Å². The maximum atomic E-state index is 11.2. The molecule has 0 unspecified atom stereocenters. The minimum Gasteiger partial charge on any atom is -0.481 e. The lowest BCUT2D eigenvalue weighted by Gasteiger charge is -2.06. The molecule has 0 bridgehead atoms. The first-order chi connectivity index (χ1) is 8.51. The molecule has 1 N–H and O–H groups in total. The van der Waals surface area contributed by atoms with Crippen molar-refractivity contribution in [2.24, 2.45) is 0 Å². The molecule has 0 saturated carbocycles. The van der Waals surface area contributed by atoms with Crippen LogP contribution in [0.15, 0.2) is 18.2 Å². The molecule has 18 heavy (non-hydrogen) atoms. The molecule has 0 aliphatic carbocycles. The van der Waals surface area contributed by atoms with E-state index in [-0.39, 0.29) is 12.4 Å². The Morgan fingerprint density at radius 3 is 2.50 bits per heavy atom. The molecule has 0 atom stereocenters. The molecule has 0 fully saturated rings. The van der Waals surface area contributed by atoms with E-state index in [0.29, 0.717) is 19.4 Å². The fourth-order valence-corrected chi connectivity index (χ4v) is 1.85. The summed E-state index contributed by atoms with van der Waals surface area (Å²) in [6.07, 6.45) is 0.908. The third-order valence-electron chi connectivity index (χ3n) is 2.48. The summed E-state index contributed by atoms with van der Waals surface area (Å²) >= 11 is 0. The highest BCUT2D eigenvalue weighted by Gasteiger charge is 2.06. The Morgan fingerprint density at radius 2 is 1.89 bits per heavy atom. The molecule has 0 amide bonds. The lowest BCUT2D eigenvalue weighted by Crippen LogP contribution is -2.06. The van der Waals surface area contributed by atoms with Crippen LogP contribution >= 0.6 is 0 Å². The zero-order valence-corrected chi connectivity index (χ0v) is 10.7. The first-order valence-electron chi connectivity index (χ1n) is 5.98. The van der Waals surface area contributed by atoms with Gasteiger partial charge in [-0.1, -0.05) is 23.8 Å². The van der Waals surface area contributed by atoms with Gasteiger partial charge in [0.25, 0.3) is 0 Å². The van der Waals surface area contributed by atoms with Gasteiger partial charge in [0.15, 0.2) is 0 Å². The quantitative estimate of drug-likeness (QED) is 0.785. The highest BCUT2D eigenvalue weighted by molar-refractivity contribution is 5.71. The van der Waals surface area contributed by atoms with E-state index in [1.165, 1.54) is 0 Å². The van der Waals surface area contributed by atoms with Gasteiger partial charge in [0.1, 0.15) is 0 Å². The number of carboxylic acids is 1. The van der Waals surface area contributed by atoms with Crippen LogP contribution in [0.4, 0.5) is 0 Å². The summed E-state index contributed by atoms with van der Waals surface area (Å²) in [6, 6.07) is 5.65. The number of hydrogen-bond donors (Lipinski definition) is 1. The topological polar surface area (TPSA) is 63.6 Å². The second kappa shape index (κ2) is 6.79. The monoisotopic (exact) mass is 250 g/mol. The summed E-state index contributed by atoms with van der Waals surface area (Å²) in [4.78, 5) is 21.9. The summed E-state index contributed by atoms with van der Waals surface area (Å²) in [5.41, 5.74) is 2.74. The number of aryl methyl sites for hydroxylation is 2. The molecule has 0 saturated heterocycles. The molecule has 4 nitrogen and oxygen atoms in total. The Balaban J connectivity index is 2.68. The number of ether oxygens (including phenoxy) is 1. The van der Waals surface area contributed by atoms with Crippen LogP contribution in [0.5, 0.6) is 0 Å². The third-order valence-corrected chi connectivity index (χ3v) is 2.48. The van der Waals surface area contributed by atoms with Gasteiger partial charge >= 0.3 is 11.9 Å². The first-order valence-corrected chi connectivity index (χ1v) is 5.98. The molecule has 0 heterocycles. The molecular weight excluding hydrogens is 232 g/mol. The van der Waals surface area contributed by atoms with E-state index in [0.717, 1.165) is 16.7 Å². The largest absolute Gasteiger partial charge is 0.481 e. The molecular formula is C14H18O4. The molecule has 4 heteroatoms. The molecule has 0 spiro atoms. The molecule has 1 aromatic carbocycles. The minimum atomic E-state index is -0.850. The van der Waals surface area contributed by atoms with E-state index >= 15 is 0 Å². The number of rotatable bonds is 6. The number of hydrogen-bond acceptors (Lipinski definition) is 3. The Bertz CT molecular complexity index is 437. The predicted molar refractivity (Wildman–Crippen MR) is 67.5 cm³/mol. The van der Waals surface area contributed by atoms with Crippen LogP contribution in [0.3, 0.4) is 0 Å². The molecule has 0 aromatic heterocycles. The zero-order valence-electron chi connectivity index (χ0n) is 10.7. The highest BCUT2D eigenvalue weighted by Crippen LogP contribution is 2.12. The molecule has 1 rings (SSSR count). The number of carbonyl (C=O) groups is 2. The summed E-state index contributed by atoms with van der Waals surface area (Å²) in [5, 5.41) is 8.76. The van der Waals surface area contributed by atoms with E-state index in [4.69, 9.17) is 9.84 Å². The maximum absolute atomic E-state index is 11.2. The van der Waals surface area contributed by atoms with Crippen molar-refractivity contribution in [1.82, 2.24) is 0 Å². The van der Waals surface area contributed by atoms with Crippen LogP contribution < -0.4 is 0 Å². The summed E-state index contributed by atoms with van der Waals surface area (Å²) < 4.78 is 4.86. The van der Waals surface area contributed by atoms with Crippen molar-refractivity contribution in [2.45, 2.75) is 33.1 Å². The summed E-state index contributed by atoms with van der Waals surface area (Å²) in [6.45, 7) is 4.08. The van der Waals surface area contributed by atoms with Crippen molar-refractivity contribution >= 4 is 11.9 Å². The normalized spacial score (nSPS) is 10.1. The molecule has 0 radical (unpaired) electrons. The van der Waals surface area contributed by atoms with Crippen LogP contribution in [0.1, 0.15) is 30.0 Å². The fourth-order valence-electron chi connectivity index (χ4n) is 1.85. The second-order valence-corrected chi connectivity index (χ2v) is 4.20. The third kappa shape index (κ3) is 4.99. The Morgan fingerprint density at radius 1 is 1.22 bits per heavy atom. The lowest BCUT2D eigenvalue weighted by molar-refractivity contribution is -0.143. The predicted octanol–water partition coefficient (Wildman–Crippen LogP) is 2.12. The van der Waals surface area contributed by atoms with Gasteiger partial charge in [0.2, 0.25) is 0 Å².